The number of hydrogen-bond acceptors (Lipinski definition) is 3. The highest BCUT2D eigenvalue weighted by Gasteiger charge is 2.10. The fourth-order valence-electron chi connectivity index (χ4n) is 3.27. The largest absolute Gasteiger partial charge is 0.322 e. The molecule has 0 aliphatic carbocycles. The van der Waals surface area contributed by atoms with E-state index in [0.717, 1.165) is 40.2 Å². The third-order valence-electron chi connectivity index (χ3n) is 4.54. The van der Waals surface area contributed by atoms with Crippen LogP contribution >= 0.6 is 0 Å². The van der Waals surface area contributed by atoms with E-state index in [4.69, 9.17) is 0 Å². The number of H-pyrrole nitrogens is 1. The van der Waals surface area contributed by atoms with Crippen LogP contribution in [0.3, 0.4) is 0 Å². The number of anilines is 1. The first-order valence-corrected chi connectivity index (χ1v) is 8.97. The van der Waals surface area contributed by atoms with Crippen LogP contribution in [0, 0.1) is 0 Å². The fraction of sp³-hybridized carbons (Fsp3) is 0.136. The molecule has 2 heterocycles. The van der Waals surface area contributed by atoms with Crippen LogP contribution in [0.25, 0.3) is 21.8 Å². The summed E-state index contributed by atoms with van der Waals surface area (Å²) in [6, 6.07) is 18.5. The smallest absolute Gasteiger partial charge is 0.274 e. The lowest BCUT2D eigenvalue weighted by molar-refractivity contribution is 0.102. The Bertz CT molecular complexity index is 1210. The van der Waals surface area contributed by atoms with E-state index in [1.165, 1.54) is 0 Å². The Hall–Kier alpha value is -3.47. The van der Waals surface area contributed by atoms with E-state index in [0.29, 0.717) is 11.4 Å². The zero-order chi connectivity index (χ0) is 18.8. The number of aryl methyl sites for hydroxylation is 1. The lowest BCUT2D eigenvalue weighted by Crippen LogP contribution is -2.14. The molecule has 0 spiro atoms. The minimum atomic E-state index is -0.285. The number of aromatic amines is 1. The fourth-order valence-corrected chi connectivity index (χ4v) is 3.27. The minimum absolute atomic E-state index is 0.134. The number of hydrogen-bond donors (Lipinski definition) is 2. The summed E-state index contributed by atoms with van der Waals surface area (Å²) in [6.45, 7) is 2.08. The van der Waals surface area contributed by atoms with Crippen molar-refractivity contribution >= 4 is 33.4 Å². The zero-order valence-electron chi connectivity index (χ0n) is 15.0. The van der Waals surface area contributed by atoms with Crippen molar-refractivity contribution in [3.8, 4) is 0 Å². The number of carbonyl (C=O) groups excluding carboxylic acids is 1. The molecule has 0 fully saturated rings. The quantitative estimate of drug-likeness (QED) is 0.572. The van der Waals surface area contributed by atoms with E-state index in [-0.39, 0.29) is 11.5 Å². The van der Waals surface area contributed by atoms with Crippen molar-refractivity contribution in [2.24, 2.45) is 0 Å². The van der Waals surface area contributed by atoms with Gasteiger partial charge < -0.3 is 10.3 Å². The van der Waals surface area contributed by atoms with Gasteiger partial charge in [0.15, 0.2) is 0 Å². The Morgan fingerprint density at radius 3 is 2.78 bits per heavy atom. The number of nitrogens with one attached hydrogen (secondary N) is 2. The van der Waals surface area contributed by atoms with Gasteiger partial charge in [-0.15, -0.1) is 0 Å². The molecule has 0 aliphatic rings. The van der Waals surface area contributed by atoms with Gasteiger partial charge in [0.1, 0.15) is 5.69 Å². The zero-order valence-corrected chi connectivity index (χ0v) is 15.0. The number of fused-ring (bicyclic) bond motifs is 2. The molecule has 2 N–H and O–H groups in total. The molecule has 27 heavy (non-hydrogen) atoms. The van der Waals surface area contributed by atoms with Crippen LogP contribution in [0.15, 0.2) is 65.5 Å². The Labute approximate surface area is 156 Å². The highest BCUT2D eigenvalue weighted by molar-refractivity contribution is 6.05. The first-order valence-electron chi connectivity index (χ1n) is 8.97. The van der Waals surface area contributed by atoms with Crippen molar-refractivity contribution in [1.82, 2.24) is 9.97 Å². The molecule has 134 valence electrons. The van der Waals surface area contributed by atoms with Gasteiger partial charge in [-0.05, 0) is 36.2 Å². The lowest BCUT2D eigenvalue weighted by Gasteiger charge is -2.09. The second-order valence-corrected chi connectivity index (χ2v) is 6.51. The molecule has 0 saturated carbocycles. The number of carbonyl (C=O) groups is 1. The molecular weight excluding hydrogens is 338 g/mol. The molecule has 5 nitrogen and oxygen atoms in total. The Kier molecular flexibility index (Phi) is 4.42. The SMILES string of the molecule is CCCc1cc(=O)[nH]c2cc(NC(=O)c3ccc4ccccc4n3)ccc12. The van der Waals surface area contributed by atoms with Gasteiger partial charge in [0, 0.05) is 22.5 Å². The maximum absolute atomic E-state index is 12.6. The third-order valence-corrected chi connectivity index (χ3v) is 4.54. The number of rotatable bonds is 4. The van der Waals surface area contributed by atoms with Gasteiger partial charge in [-0.25, -0.2) is 4.98 Å². The normalized spacial score (nSPS) is 11.0. The predicted molar refractivity (Wildman–Crippen MR) is 108 cm³/mol. The third kappa shape index (κ3) is 3.44. The maximum atomic E-state index is 12.6. The molecule has 2 aromatic carbocycles. The highest BCUT2D eigenvalue weighted by Crippen LogP contribution is 2.21. The minimum Gasteiger partial charge on any atom is -0.322 e. The van der Waals surface area contributed by atoms with Gasteiger partial charge in [0.2, 0.25) is 5.56 Å². The number of amides is 1. The van der Waals surface area contributed by atoms with Crippen molar-refractivity contribution in [3.05, 3.63) is 82.3 Å². The standard InChI is InChI=1S/C22H19N3O2/c1-2-5-15-12-21(26)25-20-13-16(9-10-17(15)20)23-22(27)19-11-8-14-6-3-4-7-18(14)24-19/h3-4,6-13H,2,5H2,1H3,(H,23,27)(H,25,26). The van der Waals surface area contributed by atoms with Crippen molar-refractivity contribution in [1.29, 1.82) is 0 Å². The molecular formula is C22H19N3O2. The molecule has 1 amide bonds. The van der Waals surface area contributed by atoms with E-state index in [1.54, 1.807) is 18.2 Å². The van der Waals surface area contributed by atoms with Crippen LogP contribution in [-0.2, 0) is 6.42 Å². The summed E-state index contributed by atoms with van der Waals surface area (Å²) in [5, 5.41) is 4.85. The molecule has 0 aliphatic heterocycles. The number of nitrogens with zero attached hydrogens (tertiary/aromatic N) is 1. The molecule has 0 saturated heterocycles. The van der Waals surface area contributed by atoms with Crippen LogP contribution in [0.2, 0.25) is 0 Å². The summed E-state index contributed by atoms with van der Waals surface area (Å²) in [4.78, 5) is 31.8. The summed E-state index contributed by atoms with van der Waals surface area (Å²) in [5.74, 6) is -0.285. The summed E-state index contributed by atoms with van der Waals surface area (Å²) in [5.41, 5.74) is 3.34. The molecule has 0 radical (unpaired) electrons. The van der Waals surface area contributed by atoms with Crippen molar-refractivity contribution in [2.45, 2.75) is 19.8 Å². The molecule has 4 rings (SSSR count). The summed E-state index contributed by atoms with van der Waals surface area (Å²) in [6.07, 6.45) is 1.80. The van der Waals surface area contributed by atoms with Gasteiger partial charge in [0.25, 0.3) is 5.91 Å². The van der Waals surface area contributed by atoms with Crippen LogP contribution in [0.4, 0.5) is 5.69 Å². The van der Waals surface area contributed by atoms with E-state index in [2.05, 4.69) is 22.2 Å². The lowest BCUT2D eigenvalue weighted by atomic mass is 10.0. The Morgan fingerprint density at radius 2 is 1.93 bits per heavy atom. The van der Waals surface area contributed by atoms with E-state index >= 15 is 0 Å². The van der Waals surface area contributed by atoms with Crippen molar-refractivity contribution < 1.29 is 4.79 Å². The van der Waals surface area contributed by atoms with Gasteiger partial charge in [0.05, 0.1) is 11.0 Å². The van der Waals surface area contributed by atoms with Crippen LogP contribution in [0.1, 0.15) is 29.4 Å². The van der Waals surface area contributed by atoms with Crippen molar-refractivity contribution in [3.63, 3.8) is 0 Å². The average molecular weight is 357 g/mol. The first kappa shape index (κ1) is 17.0. The van der Waals surface area contributed by atoms with E-state index in [1.807, 2.05) is 42.5 Å². The number of pyridine rings is 2. The van der Waals surface area contributed by atoms with Gasteiger partial charge in [-0.2, -0.15) is 0 Å². The topological polar surface area (TPSA) is 74.8 Å². The summed E-state index contributed by atoms with van der Waals surface area (Å²) >= 11 is 0. The molecule has 4 aromatic rings. The number of aromatic nitrogens is 2. The molecule has 0 bridgehead atoms. The second kappa shape index (κ2) is 7.03. The Balaban J connectivity index is 1.65. The molecule has 2 aromatic heterocycles. The summed E-state index contributed by atoms with van der Waals surface area (Å²) in [7, 11) is 0. The number of para-hydroxylation sites is 1. The van der Waals surface area contributed by atoms with Crippen molar-refractivity contribution in [2.75, 3.05) is 5.32 Å². The Morgan fingerprint density at radius 1 is 1.07 bits per heavy atom. The van der Waals surface area contributed by atoms with E-state index in [9.17, 15) is 9.59 Å². The van der Waals surface area contributed by atoms with Crippen LogP contribution in [0.5, 0.6) is 0 Å². The van der Waals surface area contributed by atoms with Gasteiger partial charge in [-0.3, -0.25) is 9.59 Å². The van der Waals surface area contributed by atoms with Gasteiger partial charge in [-0.1, -0.05) is 43.7 Å². The molecule has 5 heteroatoms. The average Bonchev–Trinajstić information content (AvgIpc) is 2.67. The maximum Gasteiger partial charge on any atom is 0.274 e. The highest BCUT2D eigenvalue weighted by atomic mass is 16.2. The monoisotopic (exact) mass is 357 g/mol. The second-order valence-electron chi connectivity index (χ2n) is 6.51. The van der Waals surface area contributed by atoms with Crippen LogP contribution < -0.4 is 10.9 Å². The van der Waals surface area contributed by atoms with E-state index < -0.39 is 0 Å². The molecule has 0 atom stereocenters. The van der Waals surface area contributed by atoms with Gasteiger partial charge >= 0.3 is 0 Å². The first-order chi connectivity index (χ1) is 13.1. The molecule has 0 unspecified atom stereocenters. The van der Waals surface area contributed by atoms with Crippen LogP contribution in [-0.4, -0.2) is 15.9 Å². The summed E-state index contributed by atoms with van der Waals surface area (Å²) < 4.78 is 0. The predicted octanol–water partition coefficient (Wildman–Crippen LogP) is 4.28. The number of benzene rings is 2.